The van der Waals surface area contributed by atoms with Crippen molar-refractivity contribution < 1.29 is 23.8 Å². The predicted octanol–water partition coefficient (Wildman–Crippen LogP) is 3.19. The summed E-state index contributed by atoms with van der Waals surface area (Å²) in [6.07, 6.45) is 1.82. The molecule has 0 spiro atoms. The molecule has 2 aromatic carbocycles. The molecule has 0 N–H and O–H groups in total. The topological polar surface area (TPSA) is 99.4 Å². The Labute approximate surface area is 230 Å². The molecule has 10 heteroatoms. The van der Waals surface area contributed by atoms with E-state index in [1.807, 2.05) is 56.3 Å². The van der Waals surface area contributed by atoms with Crippen molar-refractivity contribution in [3.05, 3.63) is 84.5 Å². The molecule has 9 nitrogen and oxygen atoms in total. The van der Waals surface area contributed by atoms with E-state index < -0.39 is 18.0 Å². The van der Waals surface area contributed by atoms with E-state index in [-0.39, 0.29) is 23.5 Å². The minimum Gasteiger partial charge on any atom is -0.490 e. The number of rotatable bonds is 8. The average Bonchev–Trinajstić information content (AvgIpc) is 3.18. The summed E-state index contributed by atoms with van der Waals surface area (Å²) in [5.41, 5.74) is 2.95. The molecule has 204 valence electrons. The number of thiazole rings is 1. The lowest BCUT2D eigenvalue weighted by molar-refractivity contribution is -0.139. The highest BCUT2D eigenvalue weighted by Gasteiger charge is 2.34. The van der Waals surface area contributed by atoms with Gasteiger partial charge < -0.3 is 19.1 Å². The van der Waals surface area contributed by atoms with Crippen molar-refractivity contribution in [1.82, 2.24) is 4.57 Å². The van der Waals surface area contributed by atoms with E-state index in [2.05, 4.69) is 4.99 Å². The Morgan fingerprint density at radius 2 is 1.79 bits per heavy atom. The van der Waals surface area contributed by atoms with Gasteiger partial charge in [0, 0.05) is 26.7 Å². The van der Waals surface area contributed by atoms with E-state index in [1.54, 1.807) is 32.0 Å². The maximum Gasteiger partial charge on any atom is 0.338 e. The SMILES string of the molecule is CCOC(=O)C1=C(C)N=c2sc(=Cc3ccc(N(C)C)cc3)c(=O)n2C1c1ccc(OC(C)=O)c(OCC)c1. The fourth-order valence-electron chi connectivity index (χ4n) is 4.33. The fourth-order valence-corrected chi connectivity index (χ4v) is 5.38. The van der Waals surface area contributed by atoms with Gasteiger partial charge in [-0.25, -0.2) is 9.79 Å². The average molecular weight is 550 g/mol. The van der Waals surface area contributed by atoms with Gasteiger partial charge >= 0.3 is 11.9 Å². The number of anilines is 1. The Kier molecular flexibility index (Phi) is 8.35. The lowest BCUT2D eigenvalue weighted by Gasteiger charge is -2.25. The first-order valence-corrected chi connectivity index (χ1v) is 13.4. The normalized spacial score (nSPS) is 14.9. The highest BCUT2D eigenvalue weighted by Crippen LogP contribution is 2.36. The fraction of sp³-hybridized carbons (Fsp3) is 0.310. The molecule has 0 aliphatic carbocycles. The molecule has 0 amide bonds. The van der Waals surface area contributed by atoms with Crippen molar-refractivity contribution >= 4 is 35.0 Å². The monoisotopic (exact) mass is 549 g/mol. The maximum absolute atomic E-state index is 13.8. The number of allylic oxidation sites excluding steroid dienone is 1. The van der Waals surface area contributed by atoms with Crippen molar-refractivity contribution in [2.45, 2.75) is 33.7 Å². The lowest BCUT2D eigenvalue weighted by atomic mass is 9.95. The molecule has 1 aromatic heterocycles. The van der Waals surface area contributed by atoms with Crippen LogP contribution in [0, 0.1) is 0 Å². The lowest BCUT2D eigenvalue weighted by Crippen LogP contribution is -2.40. The number of ether oxygens (including phenoxy) is 3. The Hall–Kier alpha value is -4.18. The van der Waals surface area contributed by atoms with Crippen LogP contribution in [0.2, 0.25) is 0 Å². The third-order valence-electron chi connectivity index (χ3n) is 6.06. The van der Waals surface area contributed by atoms with Crippen molar-refractivity contribution in [2.24, 2.45) is 4.99 Å². The number of benzene rings is 2. The largest absolute Gasteiger partial charge is 0.490 e. The van der Waals surface area contributed by atoms with E-state index in [9.17, 15) is 14.4 Å². The number of hydrogen-bond acceptors (Lipinski definition) is 9. The van der Waals surface area contributed by atoms with Crippen LogP contribution in [-0.4, -0.2) is 43.8 Å². The second-order valence-corrected chi connectivity index (χ2v) is 10.0. The molecule has 0 saturated carbocycles. The van der Waals surface area contributed by atoms with Gasteiger partial charge in [0.05, 0.1) is 35.1 Å². The smallest absolute Gasteiger partial charge is 0.338 e. The number of esters is 2. The van der Waals surface area contributed by atoms with Crippen LogP contribution >= 0.6 is 11.3 Å². The molecule has 4 rings (SSSR count). The third-order valence-corrected chi connectivity index (χ3v) is 7.04. The zero-order valence-corrected chi connectivity index (χ0v) is 23.6. The van der Waals surface area contributed by atoms with Gasteiger partial charge in [-0.1, -0.05) is 29.5 Å². The van der Waals surface area contributed by atoms with Crippen molar-refractivity contribution in [3.63, 3.8) is 0 Å². The summed E-state index contributed by atoms with van der Waals surface area (Å²) < 4.78 is 18.4. The van der Waals surface area contributed by atoms with Gasteiger partial charge in [0.25, 0.3) is 5.56 Å². The summed E-state index contributed by atoms with van der Waals surface area (Å²) in [7, 11) is 3.93. The van der Waals surface area contributed by atoms with Gasteiger partial charge in [0.1, 0.15) is 0 Å². The molecule has 1 aliphatic heterocycles. The third kappa shape index (κ3) is 5.80. The van der Waals surface area contributed by atoms with Gasteiger partial charge in [0.15, 0.2) is 16.3 Å². The molecule has 39 heavy (non-hydrogen) atoms. The van der Waals surface area contributed by atoms with Gasteiger partial charge in [-0.15, -0.1) is 0 Å². The number of nitrogens with zero attached hydrogens (tertiary/aromatic N) is 3. The van der Waals surface area contributed by atoms with Crippen molar-refractivity contribution in [2.75, 3.05) is 32.2 Å². The number of fused-ring (bicyclic) bond motifs is 1. The summed E-state index contributed by atoms with van der Waals surface area (Å²) in [4.78, 5) is 45.7. The first kappa shape index (κ1) is 27.8. The van der Waals surface area contributed by atoms with Crippen LogP contribution in [0.4, 0.5) is 5.69 Å². The summed E-state index contributed by atoms with van der Waals surface area (Å²) in [5.74, 6) is -0.469. The molecule has 1 unspecified atom stereocenters. The molecular weight excluding hydrogens is 518 g/mol. The summed E-state index contributed by atoms with van der Waals surface area (Å²) in [6.45, 7) is 7.07. The van der Waals surface area contributed by atoms with E-state index >= 15 is 0 Å². The first-order valence-electron chi connectivity index (χ1n) is 12.6. The minimum atomic E-state index is -0.816. The molecule has 2 heterocycles. The second kappa shape index (κ2) is 11.7. The number of aromatic nitrogens is 1. The van der Waals surface area contributed by atoms with Gasteiger partial charge in [-0.05, 0) is 62.2 Å². The molecule has 3 aromatic rings. The minimum absolute atomic E-state index is 0.172. The quantitative estimate of drug-likeness (QED) is 0.314. The van der Waals surface area contributed by atoms with E-state index in [4.69, 9.17) is 14.2 Å². The van der Waals surface area contributed by atoms with Crippen molar-refractivity contribution in [3.8, 4) is 11.5 Å². The Morgan fingerprint density at radius 3 is 2.41 bits per heavy atom. The van der Waals surface area contributed by atoms with Gasteiger partial charge in [-0.3, -0.25) is 14.2 Å². The van der Waals surface area contributed by atoms with E-state index in [1.165, 1.54) is 22.8 Å². The highest BCUT2D eigenvalue weighted by molar-refractivity contribution is 7.07. The zero-order chi connectivity index (χ0) is 28.3. The van der Waals surface area contributed by atoms with Crippen LogP contribution in [0.15, 0.2) is 63.5 Å². The van der Waals surface area contributed by atoms with Gasteiger partial charge in [-0.2, -0.15) is 0 Å². The Balaban J connectivity index is 1.92. The number of hydrogen-bond donors (Lipinski definition) is 0. The van der Waals surface area contributed by atoms with Crippen LogP contribution in [0.3, 0.4) is 0 Å². The van der Waals surface area contributed by atoms with Crippen LogP contribution in [0.25, 0.3) is 6.08 Å². The Morgan fingerprint density at radius 1 is 1.08 bits per heavy atom. The molecule has 0 saturated heterocycles. The highest BCUT2D eigenvalue weighted by atomic mass is 32.1. The number of carbonyl (C=O) groups excluding carboxylic acids is 2. The Bertz CT molecular complexity index is 1620. The number of carbonyl (C=O) groups is 2. The van der Waals surface area contributed by atoms with Crippen molar-refractivity contribution in [1.29, 1.82) is 0 Å². The zero-order valence-electron chi connectivity index (χ0n) is 22.8. The standard InChI is InChI=1S/C29H31N3O6S/c1-7-36-23-16-20(11-14-22(23)38-18(4)33)26-25(28(35)37-8-2)17(3)30-29-32(26)27(34)24(39-29)15-19-9-12-21(13-10-19)31(5)6/h9-16,26H,7-8H2,1-6H3. The van der Waals surface area contributed by atoms with Crippen LogP contribution in [-0.2, 0) is 14.3 Å². The summed E-state index contributed by atoms with van der Waals surface area (Å²) >= 11 is 1.25. The molecular formula is C29H31N3O6S. The molecule has 1 atom stereocenters. The first-order chi connectivity index (χ1) is 18.6. The molecule has 1 aliphatic rings. The maximum atomic E-state index is 13.8. The summed E-state index contributed by atoms with van der Waals surface area (Å²) in [5, 5.41) is 0. The predicted molar refractivity (Wildman–Crippen MR) is 150 cm³/mol. The van der Waals surface area contributed by atoms with E-state index in [0.717, 1.165) is 11.3 Å². The van der Waals surface area contributed by atoms with Crippen LogP contribution in [0.1, 0.15) is 44.9 Å². The molecule has 0 fully saturated rings. The second-order valence-electron chi connectivity index (χ2n) is 9.02. The van der Waals surface area contributed by atoms with E-state index in [0.29, 0.717) is 33.0 Å². The van der Waals surface area contributed by atoms with Crippen LogP contribution < -0.4 is 29.3 Å². The molecule has 0 radical (unpaired) electrons. The molecule has 0 bridgehead atoms. The summed E-state index contributed by atoms with van der Waals surface area (Å²) in [6, 6.07) is 12.0. The van der Waals surface area contributed by atoms with Gasteiger partial charge in [0.2, 0.25) is 0 Å². The van der Waals surface area contributed by atoms with Crippen LogP contribution in [0.5, 0.6) is 11.5 Å².